The number of nitrogens with one attached hydrogen (secondary N) is 2. The summed E-state index contributed by atoms with van der Waals surface area (Å²) in [6.45, 7) is 0. The molecule has 130 valence electrons. The van der Waals surface area contributed by atoms with Gasteiger partial charge in [-0.05, 0) is 18.4 Å². The van der Waals surface area contributed by atoms with Crippen LogP contribution in [0.1, 0.15) is 17.9 Å². The van der Waals surface area contributed by atoms with E-state index in [0.29, 0.717) is 12.0 Å². The fourth-order valence-electron chi connectivity index (χ4n) is 2.85. The molecule has 25 heavy (non-hydrogen) atoms. The number of halogens is 4. The lowest BCUT2D eigenvalue weighted by atomic mass is 10.1. The lowest BCUT2D eigenvalue weighted by molar-refractivity contribution is 0.120. The topological polar surface area (TPSA) is 95.9 Å². The molecule has 0 bridgehead atoms. The largest absolute Gasteiger partial charge is 0.325 e. The third-order valence-electron chi connectivity index (χ3n) is 4.18. The standard InChI is InChI=1S/C14H9Cl2F2N5O2/c15-9-10(16)23-12(20-9)6(4-1-5(4)11(17)18)2-8(22-23)7-3-19-14(25)21-13(7)24/h2-5,11H,1H2,(H2,19,21,24,25)/t4-,5-/m0/s1. The molecule has 2 N–H and O–H groups in total. The number of alkyl halides is 2. The number of fused-ring (bicyclic) bond motifs is 1. The maximum atomic E-state index is 13.0. The number of H-pyrrole nitrogens is 2. The van der Waals surface area contributed by atoms with Crippen LogP contribution in [-0.4, -0.2) is 31.0 Å². The fraction of sp³-hybridized carbons (Fsp3) is 0.286. The molecular formula is C14H9Cl2F2N5O2. The van der Waals surface area contributed by atoms with Gasteiger partial charge in [-0.2, -0.15) is 9.61 Å². The van der Waals surface area contributed by atoms with Crippen molar-refractivity contribution in [2.24, 2.45) is 5.92 Å². The van der Waals surface area contributed by atoms with Crippen LogP contribution in [0.2, 0.25) is 10.3 Å². The normalized spacial score (nSPS) is 19.7. The van der Waals surface area contributed by atoms with Gasteiger partial charge in [-0.1, -0.05) is 23.2 Å². The van der Waals surface area contributed by atoms with Crippen LogP contribution in [0.3, 0.4) is 0 Å². The van der Waals surface area contributed by atoms with Crippen LogP contribution in [-0.2, 0) is 0 Å². The lowest BCUT2D eigenvalue weighted by Gasteiger charge is -2.07. The molecule has 1 saturated carbocycles. The quantitative estimate of drug-likeness (QED) is 0.721. The molecule has 11 heteroatoms. The number of hydrogen-bond acceptors (Lipinski definition) is 4. The predicted octanol–water partition coefficient (Wildman–Crippen LogP) is 2.45. The average Bonchev–Trinajstić information content (AvgIpc) is 3.30. The van der Waals surface area contributed by atoms with Gasteiger partial charge in [0.05, 0.1) is 11.3 Å². The van der Waals surface area contributed by atoms with Crippen LogP contribution in [0.5, 0.6) is 0 Å². The minimum Gasteiger partial charge on any atom is -0.313 e. The molecule has 0 amide bonds. The number of aromatic nitrogens is 5. The third kappa shape index (κ3) is 2.63. The Hall–Kier alpha value is -2.26. The molecule has 0 unspecified atom stereocenters. The molecule has 0 radical (unpaired) electrons. The molecule has 1 aliphatic rings. The number of hydrogen-bond donors (Lipinski definition) is 2. The second-order valence-electron chi connectivity index (χ2n) is 5.74. The maximum Gasteiger partial charge on any atom is 0.325 e. The molecule has 2 atom stereocenters. The average molecular weight is 388 g/mol. The molecule has 7 nitrogen and oxygen atoms in total. The smallest absolute Gasteiger partial charge is 0.313 e. The van der Waals surface area contributed by atoms with Crippen LogP contribution in [0, 0.1) is 5.92 Å². The highest BCUT2D eigenvalue weighted by atomic mass is 35.5. The van der Waals surface area contributed by atoms with Gasteiger partial charge in [-0.3, -0.25) is 9.78 Å². The van der Waals surface area contributed by atoms with Crippen molar-refractivity contribution in [3.05, 3.63) is 49.0 Å². The molecular weight excluding hydrogens is 379 g/mol. The van der Waals surface area contributed by atoms with Gasteiger partial charge in [0, 0.05) is 17.7 Å². The first-order valence-corrected chi connectivity index (χ1v) is 7.97. The van der Waals surface area contributed by atoms with E-state index in [4.69, 9.17) is 23.2 Å². The van der Waals surface area contributed by atoms with E-state index < -0.39 is 29.5 Å². The van der Waals surface area contributed by atoms with Gasteiger partial charge in [0.25, 0.3) is 5.56 Å². The molecule has 1 aliphatic carbocycles. The Balaban J connectivity index is 1.96. The second-order valence-corrected chi connectivity index (χ2v) is 6.46. The Bertz CT molecular complexity index is 1110. The van der Waals surface area contributed by atoms with E-state index in [1.807, 2.05) is 0 Å². The SMILES string of the molecule is O=c1[nH]cc(-c2cc([C@H]3C[C@@H]3C(F)F)c3nc(Cl)c(Cl)n3n2)c(=O)[nH]1. The van der Waals surface area contributed by atoms with E-state index >= 15 is 0 Å². The maximum absolute atomic E-state index is 13.0. The Morgan fingerprint density at radius 2 is 2.08 bits per heavy atom. The highest BCUT2D eigenvalue weighted by Crippen LogP contribution is 2.52. The zero-order valence-electron chi connectivity index (χ0n) is 12.3. The van der Waals surface area contributed by atoms with Gasteiger partial charge >= 0.3 is 5.69 Å². The minimum atomic E-state index is -2.46. The number of imidazole rings is 1. The highest BCUT2D eigenvalue weighted by Gasteiger charge is 2.46. The summed E-state index contributed by atoms with van der Waals surface area (Å²) in [5.41, 5.74) is -0.347. The second kappa shape index (κ2) is 5.63. The van der Waals surface area contributed by atoms with Crippen LogP contribution >= 0.6 is 23.2 Å². The zero-order valence-corrected chi connectivity index (χ0v) is 13.8. The van der Waals surface area contributed by atoms with Crippen molar-refractivity contribution in [1.82, 2.24) is 24.6 Å². The van der Waals surface area contributed by atoms with E-state index in [1.54, 1.807) is 0 Å². The molecule has 3 aromatic heterocycles. The Morgan fingerprint density at radius 3 is 2.72 bits per heavy atom. The molecule has 3 heterocycles. The summed E-state index contributed by atoms with van der Waals surface area (Å²) in [6, 6.07) is 1.50. The molecule has 3 aromatic rings. The summed E-state index contributed by atoms with van der Waals surface area (Å²) < 4.78 is 27.2. The first-order chi connectivity index (χ1) is 11.9. The monoisotopic (exact) mass is 387 g/mol. The summed E-state index contributed by atoms with van der Waals surface area (Å²) >= 11 is 12.0. The van der Waals surface area contributed by atoms with Crippen molar-refractivity contribution >= 4 is 28.8 Å². The van der Waals surface area contributed by atoms with Crippen molar-refractivity contribution in [1.29, 1.82) is 0 Å². The van der Waals surface area contributed by atoms with Gasteiger partial charge in [0.15, 0.2) is 16.0 Å². The molecule has 0 aromatic carbocycles. The van der Waals surface area contributed by atoms with Gasteiger partial charge in [-0.15, -0.1) is 0 Å². The number of aromatic amines is 2. The molecule has 0 saturated heterocycles. The highest BCUT2D eigenvalue weighted by molar-refractivity contribution is 6.40. The summed E-state index contributed by atoms with van der Waals surface area (Å²) in [7, 11) is 0. The third-order valence-corrected chi connectivity index (χ3v) is 4.88. The summed E-state index contributed by atoms with van der Waals surface area (Å²) in [5.74, 6) is -1.22. The minimum absolute atomic E-state index is 0.00914. The van der Waals surface area contributed by atoms with Crippen LogP contribution in [0.4, 0.5) is 8.78 Å². The van der Waals surface area contributed by atoms with Crippen molar-refractivity contribution in [3.63, 3.8) is 0 Å². The first-order valence-electron chi connectivity index (χ1n) is 7.22. The van der Waals surface area contributed by atoms with Crippen molar-refractivity contribution in [2.75, 3.05) is 0 Å². The van der Waals surface area contributed by atoms with E-state index in [9.17, 15) is 18.4 Å². The number of rotatable bonds is 3. The van der Waals surface area contributed by atoms with Gasteiger partial charge in [0.1, 0.15) is 0 Å². The van der Waals surface area contributed by atoms with Crippen molar-refractivity contribution in [2.45, 2.75) is 18.8 Å². The zero-order chi connectivity index (χ0) is 17.9. The van der Waals surface area contributed by atoms with E-state index in [1.165, 1.54) is 16.8 Å². The molecule has 0 spiro atoms. The van der Waals surface area contributed by atoms with Crippen LogP contribution in [0.25, 0.3) is 16.9 Å². The summed E-state index contributed by atoms with van der Waals surface area (Å²) in [4.78, 5) is 31.7. The van der Waals surface area contributed by atoms with Gasteiger partial charge < -0.3 is 4.98 Å². The molecule has 0 aliphatic heterocycles. The Morgan fingerprint density at radius 1 is 1.32 bits per heavy atom. The predicted molar refractivity (Wildman–Crippen MR) is 86.5 cm³/mol. The fourth-order valence-corrected chi connectivity index (χ4v) is 3.17. The molecule has 4 rings (SSSR count). The number of nitrogens with zero attached hydrogens (tertiary/aromatic N) is 3. The van der Waals surface area contributed by atoms with Crippen molar-refractivity contribution < 1.29 is 8.78 Å². The van der Waals surface area contributed by atoms with Crippen LogP contribution in [0.15, 0.2) is 21.9 Å². The van der Waals surface area contributed by atoms with E-state index in [-0.39, 0.29) is 27.2 Å². The first kappa shape index (κ1) is 16.2. The van der Waals surface area contributed by atoms with Crippen molar-refractivity contribution in [3.8, 4) is 11.3 Å². The summed E-state index contributed by atoms with van der Waals surface area (Å²) in [5, 5.41) is 4.20. The molecule has 1 fully saturated rings. The van der Waals surface area contributed by atoms with Crippen LogP contribution < -0.4 is 11.2 Å². The van der Waals surface area contributed by atoms with E-state index in [0.717, 1.165) is 0 Å². The summed E-state index contributed by atoms with van der Waals surface area (Å²) in [6.07, 6.45) is -0.969. The lowest BCUT2D eigenvalue weighted by Crippen LogP contribution is -2.23. The Kier molecular flexibility index (Phi) is 3.66. The van der Waals surface area contributed by atoms with Gasteiger partial charge in [-0.25, -0.2) is 18.6 Å². The van der Waals surface area contributed by atoms with Gasteiger partial charge in [0.2, 0.25) is 6.43 Å². The van der Waals surface area contributed by atoms with E-state index in [2.05, 4.69) is 20.1 Å². The Labute approximate surface area is 147 Å².